The Hall–Kier alpha value is -2.05. The van der Waals surface area contributed by atoms with Gasteiger partial charge in [-0.2, -0.15) is 0 Å². The summed E-state index contributed by atoms with van der Waals surface area (Å²) < 4.78 is 28.3. The first-order valence-electron chi connectivity index (χ1n) is 9.61. The first-order chi connectivity index (χ1) is 13.4. The number of rotatable bonds is 6. The molecule has 0 aromatic heterocycles. The van der Waals surface area contributed by atoms with Crippen molar-refractivity contribution in [2.24, 2.45) is 0 Å². The van der Waals surface area contributed by atoms with Crippen molar-refractivity contribution in [2.45, 2.75) is 43.9 Å². The molecule has 1 heterocycles. The number of nitrogens with one attached hydrogen (secondary N) is 1. The van der Waals surface area contributed by atoms with Gasteiger partial charge in [-0.3, -0.25) is 9.52 Å². The highest BCUT2D eigenvalue weighted by molar-refractivity contribution is 7.92. The molecule has 2 aromatic carbocycles. The highest BCUT2D eigenvalue weighted by atomic mass is 35.5. The minimum atomic E-state index is -3.83. The molecule has 7 heteroatoms. The first kappa shape index (κ1) is 20.7. The SMILES string of the molecule is CCCc1ccc(S(=O)(=O)Nc2cc(Cl)ccc2C(=O)N2CCCCC2)cc1. The monoisotopic (exact) mass is 420 g/mol. The second kappa shape index (κ2) is 8.97. The van der Waals surface area contributed by atoms with E-state index in [1.54, 1.807) is 29.2 Å². The summed E-state index contributed by atoms with van der Waals surface area (Å²) in [7, 11) is -3.83. The van der Waals surface area contributed by atoms with E-state index in [-0.39, 0.29) is 16.5 Å². The van der Waals surface area contributed by atoms with Gasteiger partial charge in [-0.15, -0.1) is 0 Å². The number of carbonyl (C=O) groups excluding carboxylic acids is 1. The van der Waals surface area contributed by atoms with E-state index >= 15 is 0 Å². The van der Waals surface area contributed by atoms with Gasteiger partial charge in [-0.1, -0.05) is 37.1 Å². The van der Waals surface area contributed by atoms with Crippen LogP contribution in [0.1, 0.15) is 48.5 Å². The van der Waals surface area contributed by atoms with Crippen LogP contribution < -0.4 is 4.72 Å². The van der Waals surface area contributed by atoms with Crippen LogP contribution in [0.4, 0.5) is 5.69 Å². The van der Waals surface area contributed by atoms with Crippen LogP contribution in [0.2, 0.25) is 5.02 Å². The Morgan fingerprint density at radius 1 is 1.07 bits per heavy atom. The number of hydrogen-bond acceptors (Lipinski definition) is 3. The number of benzene rings is 2. The smallest absolute Gasteiger partial charge is 0.261 e. The normalized spacial score (nSPS) is 14.7. The van der Waals surface area contributed by atoms with Gasteiger partial charge in [0.25, 0.3) is 15.9 Å². The quantitative estimate of drug-likeness (QED) is 0.735. The standard InChI is InChI=1S/C21H25ClN2O3S/c1-2-6-16-7-10-18(11-8-16)28(26,27)23-20-15-17(22)9-12-19(20)21(25)24-13-4-3-5-14-24/h7-12,15,23H,2-6,13-14H2,1H3. The van der Waals surface area contributed by atoms with Gasteiger partial charge in [-0.05, 0) is 61.6 Å². The van der Waals surface area contributed by atoms with Crippen molar-refractivity contribution >= 4 is 33.2 Å². The third-order valence-electron chi connectivity index (χ3n) is 4.87. The minimum Gasteiger partial charge on any atom is -0.339 e. The molecule has 5 nitrogen and oxygen atoms in total. The van der Waals surface area contributed by atoms with E-state index in [9.17, 15) is 13.2 Å². The summed E-state index contributed by atoms with van der Waals surface area (Å²) in [4.78, 5) is 14.8. The third kappa shape index (κ3) is 4.86. The number of nitrogens with zero attached hydrogens (tertiary/aromatic N) is 1. The van der Waals surface area contributed by atoms with Crippen molar-refractivity contribution in [1.82, 2.24) is 4.90 Å². The maximum absolute atomic E-state index is 12.9. The van der Waals surface area contributed by atoms with E-state index in [4.69, 9.17) is 11.6 Å². The van der Waals surface area contributed by atoms with Crippen LogP contribution >= 0.6 is 11.6 Å². The molecule has 1 fully saturated rings. The highest BCUT2D eigenvalue weighted by Gasteiger charge is 2.23. The topological polar surface area (TPSA) is 66.5 Å². The van der Waals surface area contributed by atoms with Crippen molar-refractivity contribution in [2.75, 3.05) is 17.8 Å². The molecule has 1 N–H and O–H groups in total. The molecule has 1 saturated heterocycles. The Morgan fingerprint density at radius 3 is 2.39 bits per heavy atom. The first-order valence-corrected chi connectivity index (χ1v) is 11.5. The summed E-state index contributed by atoms with van der Waals surface area (Å²) in [5.74, 6) is -0.174. The number of halogens is 1. The Labute approximate surface area is 171 Å². The fourth-order valence-corrected chi connectivity index (χ4v) is 4.63. The van der Waals surface area contributed by atoms with Crippen molar-refractivity contribution in [3.8, 4) is 0 Å². The maximum atomic E-state index is 12.9. The fourth-order valence-electron chi connectivity index (χ4n) is 3.38. The lowest BCUT2D eigenvalue weighted by Gasteiger charge is -2.27. The largest absolute Gasteiger partial charge is 0.339 e. The van der Waals surface area contributed by atoms with Gasteiger partial charge < -0.3 is 4.90 Å². The molecule has 28 heavy (non-hydrogen) atoms. The Morgan fingerprint density at radius 2 is 1.75 bits per heavy atom. The lowest BCUT2D eigenvalue weighted by atomic mass is 10.1. The molecule has 1 amide bonds. The molecule has 0 atom stereocenters. The van der Waals surface area contributed by atoms with Crippen molar-refractivity contribution in [3.63, 3.8) is 0 Å². The number of carbonyl (C=O) groups is 1. The predicted octanol–water partition coefficient (Wildman–Crippen LogP) is 4.72. The van der Waals surface area contributed by atoms with Crippen LogP contribution in [0.5, 0.6) is 0 Å². The van der Waals surface area contributed by atoms with Gasteiger partial charge in [0.05, 0.1) is 16.1 Å². The fraction of sp³-hybridized carbons (Fsp3) is 0.381. The number of piperidine rings is 1. The van der Waals surface area contributed by atoms with Gasteiger partial charge >= 0.3 is 0 Å². The van der Waals surface area contributed by atoms with Gasteiger partial charge in [0.1, 0.15) is 0 Å². The van der Waals surface area contributed by atoms with Crippen molar-refractivity contribution < 1.29 is 13.2 Å². The number of anilines is 1. The van der Waals surface area contributed by atoms with Gasteiger partial charge in [0.2, 0.25) is 0 Å². The van der Waals surface area contributed by atoms with Crippen LogP contribution in [0, 0.1) is 0 Å². The molecule has 0 spiro atoms. The number of aryl methyl sites for hydroxylation is 1. The molecule has 0 aliphatic carbocycles. The Bertz CT molecular complexity index is 937. The van der Waals surface area contributed by atoms with Gasteiger partial charge in [-0.25, -0.2) is 8.42 Å². The maximum Gasteiger partial charge on any atom is 0.261 e. The lowest BCUT2D eigenvalue weighted by Crippen LogP contribution is -2.36. The van der Waals surface area contributed by atoms with Crippen LogP contribution in [0.3, 0.4) is 0 Å². The van der Waals surface area contributed by atoms with Crippen molar-refractivity contribution in [1.29, 1.82) is 0 Å². The summed E-state index contributed by atoms with van der Waals surface area (Å²) in [6.45, 7) is 3.45. The zero-order chi connectivity index (χ0) is 20.1. The average molecular weight is 421 g/mol. The van der Waals surface area contributed by atoms with E-state index < -0.39 is 10.0 Å². The molecular formula is C21H25ClN2O3S. The average Bonchev–Trinajstić information content (AvgIpc) is 2.69. The highest BCUT2D eigenvalue weighted by Crippen LogP contribution is 2.26. The van der Waals surface area contributed by atoms with E-state index in [1.807, 2.05) is 12.1 Å². The van der Waals surface area contributed by atoms with Crippen LogP contribution in [0.25, 0.3) is 0 Å². The third-order valence-corrected chi connectivity index (χ3v) is 6.49. The lowest BCUT2D eigenvalue weighted by molar-refractivity contribution is 0.0725. The number of hydrogen-bond donors (Lipinski definition) is 1. The van der Waals surface area contributed by atoms with Crippen LogP contribution in [-0.2, 0) is 16.4 Å². The predicted molar refractivity (Wildman–Crippen MR) is 112 cm³/mol. The number of likely N-dealkylation sites (tertiary alicyclic amines) is 1. The molecule has 3 rings (SSSR count). The van der Waals surface area contributed by atoms with E-state index in [2.05, 4.69) is 11.6 Å². The van der Waals surface area contributed by atoms with Crippen molar-refractivity contribution in [3.05, 3.63) is 58.6 Å². The second-order valence-corrected chi connectivity index (χ2v) is 9.16. The minimum absolute atomic E-state index is 0.156. The summed E-state index contributed by atoms with van der Waals surface area (Å²) in [5.41, 5.74) is 1.61. The Kier molecular flexibility index (Phi) is 6.62. The molecule has 0 bridgehead atoms. The van der Waals surface area contributed by atoms with Gasteiger partial charge in [0.15, 0.2) is 0 Å². The number of sulfonamides is 1. The summed E-state index contributed by atoms with van der Waals surface area (Å²) >= 11 is 6.08. The number of amides is 1. The molecular weight excluding hydrogens is 396 g/mol. The van der Waals surface area contributed by atoms with E-state index in [0.29, 0.717) is 23.7 Å². The zero-order valence-electron chi connectivity index (χ0n) is 15.9. The summed E-state index contributed by atoms with van der Waals surface area (Å²) in [5, 5.41) is 0.367. The molecule has 150 valence electrons. The van der Waals surface area contributed by atoms with Crippen LogP contribution in [0.15, 0.2) is 47.4 Å². The second-order valence-electron chi connectivity index (χ2n) is 7.04. The van der Waals surface area contributed by atoms with E-state index in [1.165, 1.54) is 6.07 Å². The van der Waals surface area contributed by atoms with E-state index in [0.717, 1.165) is 37.7 Å². The van der Waals surface area contributed by atoms with Crippen LogP contribution in [-0.4, -0.2) is 32.3 Å². The molecule has 1 aliphatic heterocycles. The molecule has 0 saturated carbocycles. The molecule has 1 aliphatic rings. The molecule has 2 aromatic rings. The zero-order valence-corrected chi connectivity index (χ0v) is 17.5. The van der Waals surface area contributed by atoms with Gasteiger partial charge in [0, 0.05) is 18.1 Å². The Balaban J connectivity index is 1.88. The summed E-state index contributed by atoms with van der Waals surface area (Å²) in [6.07, 6.45) is 4.93. The molecule has 0 radical (unpaired) electrons. The summed E-state index contributed by atoms with van der Waals surface area (Å²) in [6, 6.07) is 11.5. The molecule has 0 unspecified atom stereocenters.